The lowest BCUT2D eigenvalue weighted by atomic mass is 10.2. The van der Waals surface area contributed by atoms with Crippen molar-refractivity contribution in [1.29, 1.82) is 0 Å². The van der Waals surface area contributed by atoms with E-state index in [4.69, 9.17) is 11.5 Å². The van der Waals surface area contributed by atoms with E-state index in [9.17, 15) is 9.59 Å². The maximum Gasteiger partial charge on any atom is 0.217 e. The molecule has 0 aliphatic rings. The maximum atomic E-state index is 10.3. The van der Waals surface area contributed by atoms with Gasteiger partial charge in [0.25, 0.3) is 0 Å². The highest BCUT2D eigenvalue weighted by Gasteiger charge is 2.09. The average molecular weight is 162 g/mol. The van der Waals surface area contributed by atoms with Crippen LogP contribution in [0, 0.1) is 0 Å². The highest BCUT2D eigenvalue weighted by molar-refractivity contribution is 7.96. The quantitative estimate of drug-likeness (QED) is 0.465. The van der Waals surface area contributed by atoms with Crippen molar-refractivity contribution >= 4 is 23.7 Å². The van der Waals surface area contributed by atoms with Crippen LogP contribution in [0.4, 0.5) is 0 Å². The molecular weight excluding hydrogens is 152 g/mol. The van der Waals surface area contributed by atoms with Crippen molar-refractivity contribution in [3.8, 4) is 0 Å². The molecule has 4 nitrogen and oxygen atoms in total. The highest BCUT2D eigenvalue weighted by Crippen LogP contribution is 1.96. The number of carbonyl (C=O) groups is 2. The van der Waals surface area contributed by atoms with Crippen LogP contribution in [0.1, 0.15) is 12.8 Å². The number of carbonyl (C=O) groups excluding carboxylic acids is 2. The molecule has 0 saturated carbocycles. The second-order valence-electron chi connectivity index (χ2n) is 1.95. The summed E-state index contributed by atoms with van der Waals surface area (Å²) in [4.78, 5) is 20.5. The Hall–Kier alpha value is -0.550. The second-order valence-corrected chi connectivity index (χ2v) is 2.39. The number of primary amides is 1. The van der Waals surface area contributed by atoms with Gasteiger partial charge in [-0.2, -0.15) is 0 Å². The average Bonchev–Trinajstić information content (AvgIpc) is 1.82. The number of amides is 1. The molecule has 0 radical (unpaired) electrons. The van der Waals surface area contributed by atoms with Gasteiger partial charge in [0.15, 0.2) is 0 Å². The molecule has 0 aromatic carbocycles. The fraction of sp³-hybridized carbons (Fsp3) is 0.600. The van der Waals surface area contributed by atoms with Gasteiger partial charge in [-0.25, -0.2) is 0 Å². The molecule has 0 rings (SSSR count). The van der Waals surface area contributed by atoms with Gasteiger partial charge >= 0.3 is 0 Å². The summed E-state index contributed by atoms with van der Waals surface area (Å²) < 4.78 is 0. The first-order valence-corrected chi connectivity index (χ1v) is 3.25. The van der Waals surface area contributed by atoms with Crippen molar-refractivity contribution in [3.63, 3.8) is 0 Å². The zero-order valence-electron chi connectivity index (χ0n) is 5.41. The van der Waals surface area contributed by atoms with Crippen LogP contribution in [0.25, 0.3) is 0 Å². The van der Waals surface area contributed by atoms with E-state index in [0.717, 1.165) is 0 Å². The molecule has 10 heavy (non-hydrogen) atoms. The smallest absolute Gasteiger partial charge is 0.217 e. The lowest BCUT2D eigenvalue weighted by Gasteiger charge is -2.02. The number of thiol groups is 1. The summed E-state index contributed by atoms with van der Waals surface area (Å²) in [7, 11) is 0. The molecule has 0 heterocycles. The first-order valence-electron chi connectivity index (χ1n) is 2.80. The Morgan fingerprint density at radius 3 is 2.30 bits per heavy atom. The zero-order valence-corrected chi connectivity index (χ0v) is 6.30. The maximum absolute atomic E-state index is 10.3. The number of nitrogens with two attached hydrogens (primary N) is 2. The predicted octanol–water partition coefficient (Wildman–Crippen LogP) is -0.964. The molecule has 0 spiro atoms. The normalized spacial score (nSPS) is 12.6. The zero-order chi connectivity index (χ0) is 8.15. The molecule has 0 aliphatic carbocycles. The molecule has 0 aromatic rings. The largest absolute Gasteiger partial charge is 0.370 e. The summed E-state index contributed by atoms with van der Waals surface area (Å²) in [6.45, 7) is 0. The molecule has 58 valence electrons. The highest BCUT2D eigenvalue weighted by atomic mass is 32.1. The van der Waals surface area contributed by atoms with Crippen molar-refractivity contribution < 1.29 is 9.59 Å². The van der Waals surface area contributed by atoms with Gasteiger partial charge in [-0.3, -0.25) is 9.59 Å². The van der Waals surface area contributed by atoms with E-state index in [1.165, 1.54) is 0 Å². The van der Waals surface area contributed by atoms with E-state index < -0.39 is 17.1 Å². The summed E-state index contributed by atoms with van der Waals surface area (Å²) in [6, 6.07) is -0.671. The molecule has 0 fully saturated rings. The Bertz CT molecular complexity index is 149. The van der Waals surface area contributed by atoms with Crippen molar-refractivity contribution in [2.45, 2.75) is 18.9 Å². The van der Waals surface area contributed by atoms with Gasteiger partial charge < -0.3 is 11.5 Å². The van der Waals surface area contributed by atoms with Crippen LogP contribution in [-0.2, 0) is 9.59 Å². The van der Waals surface area contributed by atoms with Gasteiger partial charge in [-0.1, -0.05) is 0 Å². The van der Waals surface area contributed by atoms with Gasteiger partial charge in [0.2, 0.25) is 11.0 Å². The van der Waals surface area contributed by atoms with Crippen LogP contribution in [0.2, 0.25) is 0 Å². The monoisotopic (exact) mass is 162 g/mol. The molecule has 1 amide bonds. The van der Waals surface area contributed by atoms with E-state index >= 15 is 0 Å². The SMILES string of the molecule is NC(=O)CC[C@H](N)C(=O)S. The standard InChI is InChI=1S/C5H10N2O2S/c6-3(5(9)10)1-2-4(7)8/h3H,1-2,6H2,(H2,7,8)(H,9,10)/t3-/m0/s1. The first kappa shape index (κ1) is 9.45. The first-order chi connectivity index (χ1) is 4.54. The van der Waals surface area contributed by atoms with Crippen LogP contribution >= 0.6 is 12.6 Å². The minimum absolute atomic E-state index is 0.132. The summed E-state index contributed by atoms with van der Waals surface area (Å²) in [5.41, 5.74) is 10.0. The van der Waals surface area contributed by atoms with Crippen molar-refractivity contribution in [2.75, 3.05) is 0 Å². The molecule has 1 atom stereocenters. The van der Waals surface area contributed by atoms with Crippen LogP contribution in [0.15, 0.2) is 0 Å². The summed E-state index contributed by atoms with van der Waals surface area (Å²) in [6.07, 6.45) is 0.408. The van der Waals surface area contributed by atoms with Gasteiger partial charge in [-0.05, 0) is 6.42 Å². The molecule has 0 unspecified atom stereocenters. The topological polar surface area (TPSA) is 86.2 Å². The van der Waals surface area contributed by atoms with Crippen molar-refractivity contribution in [2.24, 2.45) is 11.5 Å². The second kappa shape index (κ2) is 4.29. The van der Waals surface area contributed by atoms with Gasteiger partial charge in [0, 0.05) is 6.42 Å². The van der Waals surface area contributed by atoms with Gasteiger partial charge in [-0.15, -0.1) is 12.6 Å². The summed E-state index contributed by atoms with van der Waals surface area (Å²) in [5, 5.41) is -0.416. The minimum Gasteiger partial charge on any atom is -0.370 e. The third kappa shape index (κ3) is 4.34. The van der Waals surface area contributed by atoms with Crippen molar-refractivity contribution in [3.05, 3.63) is 0 Å². The van der Waals surface area contributed by atoms with E-state index in [0.29, 0.717) is 0 Å². The van der Waals surface area contributed by atoms with Crippen LogP contribution in [0.5, 0.6) is 0 Å². The summed E-state index contributed by atoms with van der Waals surface area (Å²) >= 11 is 3.48. The molecule has 5 heteroatoms. The van der Waals surface area contributed by atoms with Crippen LogP contribution < -0.4 is 11.5 Å². The third-order valence-corrected chi connectivity index (χ3v) is 1.35. The number of hydrogen-bond acceptors (Lipinski definition) is 3. The number of hydrogen-bond donors (Lipinski definition) is 3. The van der Waals surface area contributed by atoms with E-state index in [1.807, 2.05) is 0 Å². The number of rotatable bonds is 4. The van der Waals surface area contributed by atoms with E-state index in [2.05, 4.69) is 12.6 Å². The lowest BCUT2D eigenvalue weighted by Crippen LogP contribution is -2.28. The van der Waals surface area contributed by atoms with Crippen molar-refractivity contribution in [1.82, 2.24) is 0 Å². The molecule has 0 aromatic heterocycles. The Morgan fingerprint density at radius 1 is 1.50 bits per heavy atom. The fourth-order valence-corrected chi connectivity index (χ4v) is 0.550. The Morgan fingerprint density at radius 2 is 2.00 bits per heavy atom. The van der Waals surface area contributed by atoms with Crippen LogP contribution in [-0.4, -0.2) is 17.1 Å². The molecule has 4 N–H and O–H groups in total. The Kier molecular flexibility index (Phi) is 4.06. The van der Waals surface area contributed by atoms with E-state index in [1.54, 1.807) is 0 Å². The van der Waals surface area contributed by atoms with Crippen LogP contribution in [0.3, 0.4) is 0 Å². The molecular formula is C5H10N2O2S. The molecule has 0 bridgehead atoms. The summed E-state index contributed by atoms with van der Waals surface area (Å²) in [5.74, 6) is -0.454. The Labute approximate surface area is 64.4 Å². The van der Waals surface area contributed by atoms with Gasteiger partial charge in [0.1, 0.15) is 0 Å². The molecule has 0 aliphatic heterocycles. The minimum atomic E-state index is -0.671. The van der Waals surface area contributed by atoms with E-state index in [-0.39, 0.29) is 12.8 Å². The lowest BCUT2D eigenvalue weighted by molar-refractivity contribution is -0.118. The fourth-order valence-electron chi connectivity index (χ4n) is 0.421. The molecule has 0 saturated heterocycles. The third-order valence-electron chi connectivity index (χ3n) is 1.02. The predicted molar refractivity (Wildman–Crippen MR) is 40.4 cm³/mol. The van der Waals surface area contributed by atoms with Gasteiger partial charge in [0.05, 0.1) is 6.04 Å². The Balaban J connectivity index is 3.49.